The number of nitrogens with one attached hydrogen (secondary N) is 1. The number of aromatic nitrogens is 1. The predicted molar refractivity (Wildman–Crippen MR) is 130 cm³/mol. The Balaban J connectivity index is 1.92. The average molecular weight is 474 g/mol. The van der Waals surface area contributed by atoms with Crippen molar-refractivity contribution in [3.05, 3.63) is 35.2 Å². The highest BCUT2D eigenvalue weighted by Gasteiger charge is 2.35. The highest BCUT2D eigenvalue weighted by atomic mass is 16.5. The number of likely N-dealkylation sites (N-methyl/N-ethyl adjacent to an activating group) is 1. The van der Waals surface area contributed by atoms with Gasteiger partial charge in [-0.25, -0.2) is 4.79 Å². The van der Waals surface area contributed by atoms with Crippen molar-refractivity contribution < 1.29 is 24.0 Å². The number of fused-ring (bicyclic) bond motifs is 1. The average Bonchev–Trinajstić information content (AvgIpc) is 3.12. The number of anilines is 2. The van der Waals surface area contributed by atoms with Gasteiger partial charge in [0, 0.05) is 33.6 Å². The third-order valence-electron chi connectivity index (χ3n) is 6.22. The van der Waals surface area contributed by atoms with Crippen LogP contribution >= 0.6 is 0 Å². The molecule has 0 fully saturated rings. The van der Waals surface area contributed by atoms with Crippen LogP contribution in [0.3, 0.4) is 0 Å². The van der Waals surface area contributed by atoms with Crippen molar-refractivity contribution in [3.8, 4) is 5.75 Å². The first-order valence-electron chi connectivity index (χ1n) is 11.4. The number of benzene rings is 1. The summed E-state index contributed by atoms with van der Waals surface area (Å²) >= 11 is 0. The van der Waals surface area contributed by atoms with Gasteiger partial charge in [-0.05, 0) is 32.9 Å². The number of para-hydroxylation sites is 1. The topological polar surface area (TPSA) is 111 Å². The summed E-state index contributed by atoms with van der Waals surface area (Å²) in [4.78, 5) is 31.5. The maximum absolute atomic E-state index is 13.4. The Morgan fingerprint density at radius 1 is 1.32 bits per heavy atom. The zero-order valence-electron chi connectivity index (χ0n) is 21.0. The Kier molecular flexibility index (Phi) is 7.71. The summed E-state index contributed by atoms with van der Waals surface area (Å²) in [5.41, 5.74) is 2.36. The van der Waals surface area contributed by atoms with Gasteiger partial charge in [-0.2, -0.15) is 0 Å². The van der Waals surface area contributed by atoms with Gasteiger partial charge in [-0.1, -0.05) is 18.1 Å². The SMILES string of the molecule is Cc1noc(C)c1NC(=O)N(C)C[C@@H]1Oc2c(cccc2N(C)C)C(=O)N([C@@H](C)CO)C[C@H]1C. The summed E-state index contributed by atoms with van der Waals surface area (Å²) in [5.74, 6) is 0.709. The molecule has 3 atom stereocenters. The van der Waals surface area contributed by atoms with Gasteiger partial charge >= 0.3 is 6.03 Å². The Morgan fingerprint density at radius 2 is 2.03 bits per heavy atom. The van der Waals surface area contributed by atoms with Crippen molar-refractivity contribution in [3.63, 3.8) is 0 Å². The van der Waals surface area contributed by atoms with Crippen LogP contribution in [0.5, 0.6) is 5.75 Å². The number of aryl methyl sites for hydroxylation is 2. The molecule has 3 rings (SSSR count). The molecule has 1 aliphatic rings. The second-order valence-corrected chi connectivity index (χ2v) is 9.18. The summed E-state index contributed by atoms with van der Waals surface area (Å²) < 4.78 is 11.6. The third kappa shape index (κ3) is 5.11. The van der Waals surface area contributed by atoms with E-state index in [9.17, 15) is 14.7 Å². The summed E-state index contributed by atoms with van der Waals surface area (Å²) in [6, 6.07) is 4.78. The molecule has 186 valence electrons. The van der Waals surface area contributed by atoms with Crippen LogP contribution in [0.15, 0.2) is 22.7 Å². The minimum Gasteiger partial charge on any atom is -0.485 e. The predicted octanol–water partition coefficient (Wildman–Crippen LogP) is 2.74. The van der Waals surface area contributed by atoms with Crippen molar-refractivity contribution in [2.45, 2.75) is 39.8 Å². The van der Waals surface area contributed by atoms with E-state index in [2.05, 4.69) is 10.5 Å². The van der Waals surface area contributed by atoms with Crippen molar-refractivity contribution in [1.82, 2.24) is 15.0 Å². The molecule has 2 aromatic rings. The smallest absolute Gasteiger partial charge is 0.321 e. The Bertz CT molecular complexity index is 1020. The molecule has 2 N–H and O–H groups in total. The lowest BCUT2D eigenvalue weighted by atomic mass is 9.99. The number of nitrogens with zero attached hydrogens (tertiary/aromatic N) is 4. The lowest BCUT2D eigenvalue weighted by Crippen LogP contribution is -2.50. The van der Waals surface area contributed by atoms with E-state index in [1.165, 1.54) is 0 Å². The molecular weight excluding hydrogens is 438 g/mol. The summed E-state index contributed by atoms with van der Waals surface area (Å²) in [6.07, 6.45) is -0.401. The Hall–Kier alpha value is -3.27. The van der Waals surface area contributed by atoms with Crippen molar-refractivity contribution in [1.29, 1.82) is 0 Å². The van der Waals surface area contributed by atoms with Gasteiger partial charge in [-0.3, -0.25) is 4.79 Å². The number of rotatable bonds is 6. The van der Waals surface area contributed by atoms with Gasteiger partial charge in [0.15, 0.2) is 11.5 Å². The summed E-state index contributed by atoms with van der Waals surface area (Å²) in [5, 5.41) is 16.5. The van der Waals surface area contributed by atoms with Gasteiger partial charge in [0.2, 0.25) is 0 Å². The lowest BCUT2D eigenvalue weighted by Gasteiger charge is -2.39. The summed E-state index contributed by atoms with van der Waals surface area (Å²) in [6.45, 7) is 7.83. The van der Waals surface area contributed by atoms with Crippen LogP contribution in [0.4, 0.5) is 16.2 Å². The highest BCUT2D eigenvalue weighted by molar-refractivity contribution is 5.99. The van der Waals surface area contributed by atoms with E-state index >= 15 is 0 Å². The quantitative estimate of drug-likeness (QED) is 0.664. The zero-order chi connectivity index (χ0) is 25.2. The largest absolute Gasteiger partial charge is 0.485 e. The molecule has 0 radical (unpaired) electrons. The fourth-order valence-corrected chi connectivity index (χ4v) is 4.01. The number of hydrogen-bond acceptors (Lipinski definition) is 7. The van der Waals surface area contributed by atoms with Crippen LogP contribution in [-0.2, 0) is 0 Å². The van der Waals surface area contributed by atoms with Crippen LogP contribution in [0.1, 0.15) is 35.7 Å². The first kappa shape index (κ1) is 25.4. The normalized spacial score (nSPS) is 18.9. The number of hydrogen-bond donors (Lipinski definition) is 2. The molecule has 10 heteroatoms. The number of ether oxygens (including phenoxy) is 1. The molecule has 3 amide bonds. The molecule has 1 aromatic heterocycles. The number of carbonyl (C=O) groups excluding carboxylic acids is 2. The van der Waals surface area contributed by atoms with E-state index in [4.69, 9.17) is 9.26 Å². The minimum atomic E-state index is -0.401. The fraction of sp³-hybridized carbons (Fsp3) is 0.542. The van der Waals surface area contributed by atoms with Crippen molar-refractivity contribution in [2.75, 3.05) is 51.1 Å². The number of amides is 3. The molecule has 1 aromatic carbocycles. The van der Waals surface area contributed by atoms with E-state index in [0.29, 0.717) is 35.0 Å². The molecule has 0 saturated carbocycles. The number of aliphatic hydroxyl groups excluding tert-OH is 1. The molecule has 0 aliphatic carbocycles. The Labute approximate surface area is 200 Å². The van der Waals surface area contributed by atoms with Gasteiger partial charge in [0.1, 0.15) is 17.5 Å². The number of urea groups is 1. The maximum Gasteiger partial charge on any atom is 0.321 e. The van der Waals surface area contributed by atoms with E-state index < -0.39 is 6.10 Å². The first-order valence-corrected chi connectivity index (χ1v) is 11.4. The maximum atomic E-state index is 13.4. The highest BCUT2D eigenvalue weighted by Crippen LogP contribution is 2.36. The monoisotopic (exact) mass is 473 g/mol. The van der Waals surface area contributed by atoms with Crippen molar-refractivity contribution in [2.24, 2.45) is 5.92 Å². The molecule has 0 bridgehead atoms. The second kappa shape index (κ2) is 10.3. The molecule has 0 spiro atoms. The molecule has 1 aliphatic heterocycles. The van der Waals surface area contributed by atoms with E-state index in [1.54, 1.807) is 36.8 Å². The third-order valence-corrected chi connectivity index (χ3v) is 6.22. The molecule has 2 heterocycles. The van der Waals surface area contributed by atoms with Crippen LogP contribution < -0.4 is 15.0 Å². The number of aliphatic hydroxyl groups is 1. The van der Waals surface area contributed by atoms with E-state index in [-0.39, 0.29) is 37.0 Å². The number of carbonyl (C=O) groups is 2. The van der Waals surface area contributed by atoms with Gasteiger partial charge in [0.05, 0.1) is 30.4 Å². The molecule has 0 unspecified atom stereocenters. The first-order chi connectivity index (χ1) is 16.0. The fourth-order valence-electron chi connectivity index (χ4n) is 4.01. The van der Waals surface area contributed by atoms with Crippen LogP contribution in [0.25, 0.3) is 0 Å². The van der Waals surface area contributed by atoms with E-state index in [0.717, 1.165) is 5.69 Å². The standard InChI is InChI=1S/C24H35N5O5/c1-14-11-29(15(2)13-30)23(31)18-9-8-10-19(27(5)6)22(18)33-20(14)12-28(7)24(32)25-21-16(3)26-34-17(21)4/h8-10,14-15,20,30H,11-13H2,1-7H3,(H,25,32)/t14-,15+,20+/m1/s1. The van der Waals surface area contributed by atoms with Crippen molar-refractivity contribution >= 4 is 23.3 Å². The molecule has 34 heavy (non-hydrogen) atoms. The minimum absolute atomic E-state index is 0.115. The van der Waals surface area contributed by atoms with E-state index in [1.807, 2.05) is 45.0 Å². The molecule has 10 nitrogen and oxygen atoms in total. The van der Waals surface area contributed by atoms with Gasteiger partial charge in [-0.15, -0.1) is 0 Å². The second-order valence-electron chi connectivity index (χ2n) is 9.18. The van der Waals surface area contributed by atoms with Crippen LogP contribution in [-0.4, -0.2) is 85.0 Å². The Morgan fingerprint density at radius 3 is 2.62 bits per heavy atom. The summed E-state index contributed by atoms with van der Waals surface area (Å²) in [7, 11) is 5.47. The zero-order valence-corrected chi connectivity index (χ0v) is 21.0. The molecular formula is C24H35N5O5. The molecule has 0 saturated heterocycles. The van der Waals surface area contributed by atoms with Gasteiger partial charge in [0.25, 0.3) is 5.91 Å². The van der Waals surface area contributed by atoms with Gasteiger partial charge < -0.3 is 34.4 Å². The van der Waals surface area contributed by atoms with Crippen LogP contribution in [0.2, 0.25) is 0 Å². The lowest BCUT2D eigenvalue weighted by molar-refractivity contribution is 0.0372. The van der Waals surface area contributed by atoms with Crippen LogP contribution in [0, 0.1) is 19.8 Å².